The smallest absolute Gasteiger partial charge is 0.331 e. The third-order valence-corrected chi connectivity index (χ3v) is 5.33. The maximum absolute atomic E-state index is 13.1. The number of hydrogen-bond acceptors (Lipinski definition) is 8. The van der Waals surface area contributed by atoms with Crippen molar-refractivity contribution in [1.82, 2.24) is 5.32 Å². The molecule has 4 unspecified atom stereocenters. The Hall–Kier alpha value is -3.86. The van der Waals surface area contributed by atoms with Gasteiger partial charge in [0, 0.05) is 43.8 Å². The predicted octanol–water partition coefficient (Wildman–Crippen LogP) is 2.02. The summed E-state index contributed by atoms with van der Waals surface area (Å²) in [6.45, 7) is 0. The average Bonchev–Trinajstić information content (AvgIpc) is 3.21. The molecular formula is C13H18N14O3. The van der Waals surface area contributed by atoms with Crippen LogP contribution >= 0.6 is 0 Å². The molecule has 17 nitrogen and oxygen atoms in total. The number of carbonyl (C=O) groups is 2. The van der Waals surface area contributed by atoms with E-state index in [2.05, 4.69) is 45.4 Å². The molecule has 0 aliphatic heterocycles. The molecule has 30 heavy (non-hydrogen) atoms. The van der Waals surface area contributed by atoms with Crippen molar-refractivity contribution in [2.24, 2.45) is 26.2 Å². The van der Waals surface area contributed by atoms with Gasteiger partial charge in [-0.3, -0.25) is 4.79 Å². The van der Waals surface area contributed by atoms with Crippen molar-refractivity contribution in [3.05, 3.63) is 41.8 Å². The lowest BCUT2D eigenvalue weighted by Crippen LogP contribution is -2.62. The number of nitrogens with zero attached hydrogens (tertiary/aromatic N) is 12. The van der Waals surface area contributed by atoms with Crippen LogP contribution in [-0.2, 0) is 14.3 Å². The van der Waals surface area contributed by atoms with Gasteiger partial charge in [0.25, 0.3) is 0 Å². The Morgan fingerprint density at radius 1 is 0.867 bits per heavy atom. The standard InChI is InChI=1S/C13H18N14O3/c1-30-11(29)13(4-8(22-26-17)9(5-13)23-27-18)19-10(28)12(14)2-6(20-24-15)7(3-12)21-25-16/h6-9H,2-5,14H2,1H3,(H,19,28). The van der Waals surface area contributed by atoms with E-state index < -0.39 is 47.1 Å². The SMILES string of the molecule is COC(=O)C1(NC(=O)C2(N)CC(N=[N+]=[N-])C(N=[N+]=[N-])C2)CC(N=[N+]=[N-])C(N=[N+]=[N-])C1. The number of hydrogen-bond donors (Lipinski definition) is 2. The zero-order chi connectivity index (χ0) is 22.4. The molecule has 2 fully saturated rings. The number of rotatable bonds is 7. The van der Waals surface area contributed by atoms with E-state index in [1.807, 2.05) is 0 Å². The number of azide groups is 4. The van der Waals surface area contributed by atoms with E-state index in [1.54, 1.807) is 0 Å². The summed E-state index contributed by atoms with van der Waals surface area (Å²) in [7, 11) is 1.11. The molecule has 0 aromatic carbocycles. The Kier molecular flexibility index (Phi) is 6.80. The summed E-state index contributed by atoms with van der Waals surface area (Å²) in [5.41, 5.74) is 37.9. The summed E-state index contributed by atoms with van der Waals surface area (Å²) >= 11 is 0. The van der Waals surface area contributed by atoms with Gasteiger partial charge in [-0.15, -0.1) is 0 Å². The van der Waals surface area contributed by atoms with Gasteiger partial charge in [-0.25, -0.2) is 4.79 Å². The summed E-state index contributed by atoms with van der Waals surface area (Å²) in [6, 6.07) is -3.47. The fourth-order valence-corrected chi connectivity index (χ4v) is 3.95. The van der Waals surface area contributed by atoms with Crippen molar-refractivity contribution in [2.45, 2.75) is 60.9 Å². The second-order valence-electron chi connectivity index (χ2n) is 7.09. The quantitative estimate of drug-likeness (QED) is 0.271. The normalized spacial score (nSPS) is 34.3. The first-order valence-electron chi connectivity index (χ1n) is 8.66. The van der Waals surface area contributed by atoms with Crippen LogP contribution in [-0.4, -0.2) is 54.2 Å². The monoisotopic (exact) mass is 418 g/mol. The molecule has 0 aromatic rings. The highest BCUT2D eigenvalue weighted by molar-refractivity contribution is 5.93. The Bertz CT molecular complexity index is 856. The maximum atomic E-state index is 13.1. The number of methoxy groups -OCH3 is 1. The lowest BCUT2D eigenvalue weighted by Gasteiger charge is -2.32. The molecule has 0 radical (unpaired) electrons. The van der Waals surface area contributed by atoms with E-state index in [4.69, 9.17) is 32.6 Å². The highest BCUT2D eigenvalue weighted by Crippen LogP contribution is 2.38. The summed E-state index contributed by atoms with van der Waals surface area (Å²) in [5.74, 6) is -1.60. The van der Waals surface area contributed by atoms with E-state index in [1.165, 1.54) is 0 Å². The van der Waals surface area contributed by atoms with Gasteiger partial charge in [-0.1, -0.05) is 20.5 Å². The first kappa shape index (κ1) is 22.4. The fraction of sp³-hybridized carbons (Fsp3) is 0.846. The van der Waals surface area contributed by atoms with Crippen LogP contribution in [0, 0.1) is 0 Å². The molecule has 158 valence electrons. The highest BCUT2D eigenvalue weighted by Gasteiger charge is 2.55. The van der Waals surface area contributed by atoms with E-state index in [0.717, 1.165) is 7.11 Å². The van der Waals surface area contributed by atoms with E-state index in [0.29, 0.717) is 0 Å². The lowest BCUT2D eigenvalue weighted by molar-refractivity contribution is -0.151. The second-order valence-corrected chi connectivity index (χ2v) is 7.09. The molecule has 2 saturated carbocycles. The van der Waals surface area contributed by atoms with Gasteiger partial charge >= 0.3 is 5.97 Å². The Morgan fingerprint density at radius 3 is 1.57 bits per heavy atom. The minimum Gasteiger partial charge on any atom is -0.467 e. The molecule has 2 aliphatic rings. The maximum Gasteiger partial charge on any atom is 0.331 e. The van der Waals surface area contributed by atoms with E-state index in [-0.39, 0.29) is 25.7 Å². The fourth-order valence-electron chi connectivity index (χ4n) is 3.95. The van der Waals surface area contributed by atoms with Crippen molar-refractivity contribution >= 4 is 11.9 Å². The van der Waals surface area contributed by atoms with Gasteiger partial charge < -0.3 is 15.8 Å². The molecule has 0 spiro atoms. The van der Waals surface area contributed by atoms with Crippen LogP contribution in [0.15, 0.2) is 20.5 Å². The molecular weight excluding hydrogens is 400 g/mol. The van der Waals surface area contributed by atoms with Crippen molar-refractivity contribution in [3.63, 3.8) is 0 Å². The number of nitrogens with two attached hydrogens (primary N) is 1. The van der Waals surface area contributed by atoms with Gasteiger partial charge in [-0.05, 0) is 47.8 Å². The largest absolute Gasteiger partial charge is 0.467 e. The summed E-state index contributed by atoms with van der Waals surface area (Å²) in [6.07, 6.45) is -0.587. The zero-order valence-electron chi connectivity index (χ0n) is 15.8. The Labute approximate surface area is 168 Å². The number of carbonyl (C=O) groups excluding carboxylic acids is 2. The minimum atomic E-state index is -1.65. The van der Waals surface area contributed by atoms with Gasteiger partial charge in [0.05, 0.1) is 12.6 Å². The molecule has 0 aromatic heterocycles. The summed E-state index contributed by atoms with van der Waals surface area (Å²) in [5, 5.41) is 16.7. The third kappa shape index (κ3) is 4.25. The van der Waals surface area contributed by atoms with Crippen LogP contribution < -0.4 is 11.1 Å². The molecule has 17 heteroatoms. The van der Waals surface area contributed by atoms with E-state index >= 15 is 0 Å². The minimum absolute atomic E-state index is 0.122. The molecule has 2 rings (SSSR count). The molecule has 4 atom stereocenters. The number of esters is 1. The van der Waals surface area contributed by atoms with Crippen LogP contribution in [0.1, 0.15) is 25.7 Å². The molecule has 0 heterocycles. The molecule has 0 bridgehead atoms. The van der Waals surface area contributed by atoms with Crippen LogP contribution in [0.4, 0.5) is 0 Å². The third-order valence-electron chi connectivity index (χ3n) is 5.33. The summed E-state index contributed by atoms with van der Waals surface area (Å²) < 4.78 is 4.81. The number of nitrogens with one attached hydrogen (secondary N) is 1. The van der Waals surface area contributed by atoms with Crippen LogP contribution in [0.3, 0.4) is 0 Å². The van der Waals surface area contributed by atoms with Crippen LogP contribution in [0.2, 0.25) is 0 Å². The van der Waals surface area contributed by atoms with Gasteiger partial charge in [0.2, 0.25) is 5.91 Å². The Balaban J connectivity index is 2.35. The van der Waals surface area contributed by atoms with Crippen molar-refractivity contribution in [3.8, 4) is 0 Å². The highest BCUT2D eigenvalue weighted by atomic mass is 16.5. The number of amides is 1. The first-order chi connectivity index (χ1) is 14.3. The topological polar surface area (TPSA) is 276 Å². The van der Waals surface area contributed by atoms with Crippen molar-refractivity contribution in [1.29, 1.82) is 0 Å². The average molecular weight is 418 g/mol. The van der Waals surface area contributed by atoms with E-state index in [9.17, 15) is 9.59 Å². The number of ether oxygens (including phenoxy) is 1. The van der Waals surface area contributed by atoms with Crippen molar-refractivity contribution in [2.75, 3.05) is 7.11 Å². The second kappa shape index (κ2) is 9.09. The van der Waals surface area contributed by atoms with Crippen molar-refractivity contribution < 1.29 is 14.3 Å². The van der Waals surface area contributed by atoms with Crippen LogP contribution in [0.25, 0.3) is 41.8 Å². The van der Waals surface area contributed by atoms with Gasteiger partial charge in [-0.2, -0.15) is 0 Å². The molecule has 0 saturated heterocycles. The molecule has 1 amide bonds. The molecule has 3 N–H and O–H groups in total. The zero-order valence-corrected chi connectivity index (χ0v) is 15.8. The van der Waals surface area contributed by atoms with Gasteiger partial charge in [0.1, 0.15) is 5.54 Å². The predicted molar refractivity (Wildman–Crippen MR) is 100 cm³/mol. The van der Waals surface area contributed by atoms with Crippen LogP contribution in [0.5, 0.6) is 0 Å². The molecule has 2 aliphatic carbocycles. The summed E-state index contributed by atoms with van der Waals surface area (Å²) in [4.78, 5) is 36.3. The lowest BCUT2D eigenvalue weighted by atomic mass is 9.91. The van der Waals surface area contributed by atoms with Gasteiger partial charge in [0.15, 0.2) is 0 Å². The Morgan fingerprint density at radius 2 is 1.23 bits per heavy atom. The first-order valence-corrected chi connectivity index (χ1v) is 8.66.